The van der Waals surface area contributed by atoms with Crippen LogP contribution in [-0.4, -0.2) is 74.4 Å². The smallest absolute Gasteiger partial charge is 0.251 e. The molecule has 43 heavy (non-hydrogen) atoms. The van der Waals surface area contributed by atoms with Gasteiger partial charge in [-0.25, -0.2) is 0 Å². The van der Waals surface area contributed by atoms with Gasteiger partial charge in [0, 0.05) is 30.6 Å². The average Bonchev–Trinajstić information content (AvgIpc) is 3.35. The van der Waals surface area contributed by atoms with Gasteiger partial charge < -0.3 is 19.8 Å². The molecule has 0 radical (unpaired) electrons. The summed E-state index contributed by atoms with van der Waals surface area (Å²) in [6.07, 6.45) is 8.62. The molecule has 7 nitrogen and oxygen atoms in total. The third-order valence-corrected chi connectivity index (χ3v) is 11.3. The second kappa shape index (κ2) is 11.0. The minimum absolute atomic E-state index is 0.0595. The van der Waals surface area contributed by atoms with Gasteiger partial charge in [-0.05, 0) is 34.9 Å². The van der Waals surface area contributed by atoms with E-state index >= 15 is 0 Å². The maximum Gasteiger partial charge on any atom is 0.251 e. The molecule has 0 aromatic heterocycles. The molecular formula is C35H35N3O4S. The summed E-state index contributed by atoms with van der Waals surface area (Å²) in [5, 5.41) is 12.3. The van der Waals surface area contributed by atoms with E-state index in [4.69, 9.17) is 0 Å². The van der Waals surface area contributed by atoms with Gasteiger partial charge in [0.1, 0.15) is 6.04 Å². The minimum Gasteiger partial charge on any atom is -0.394 e. The molecule has 1 spiro atoms. The fourth-order valence-electron chi connectivity index (χ4n) is 7.46. The van der Waals surface area contributed by atoms with Gasteiger partial charge in [0.15, 0.2) is 0 Å². The monoisotopic (exact) mass is 593 g/mol. The lowest BCUT2D eigenvalue weighted by Gasteiger charge is -2.38. The number of thioether (sulfide) groups is 1. The number of hydrogen-bond acceptors (Lipinski definition) is 5. The van der Waals surface area contributed by atoms with Crippen molar-refractivity contribution in [2.45, 2.75) is 42.0 Å². The number of benzene rings is 3. The lowest BCUT2D eigenvalue weighted by molar-refractivity contribution is -0.145. The van der Waals surface area contributed by atoms with Crippen molar-refractivity contribution in [3.8, 4) is 0 Å². The number of rotatable bonds is 6. The zero-order valence-corrected chi connectivity index (χ0v) is 24.9. The Morgan fingerprint density at radius 1 is 0.907 bits per heavy atom. The van der Waals surface area contributed by atoms with Crippen LogP contribution < -0.4 is 4.90 Å². The summed E-state index contributed by atoms with van der Waals surface area (Å²) in [6.45, 7) is 2.96. The van der Waals surface area contributed by atoms with Crippen LogP contribution in [0.4, 0.5) is 5.69 Å². The van der Waals surface area contributed by atoms with Crippen molar-refractivity contribution in [3.63, 3.8) is 0 Å². The third-order valence-electron chi connectivity index (χ3n) is 9.52. The van der Waals surface area contributed by atoms with E-state index in [9.17, 15) is 19.5 Å². The minimum atomic E-state index is -0.923. The molecule has 3 aromatic carbocycles. The van der Waals surface area contributed by atoms with Crippen LogP contribution in [0.1, 0.15) is 18.9 Å². The predicted octanol–water partition coefficient (Wildman–Crippen LogP) is 4.41. The molecule has 4 heterocycles. The van der Waals surface area contributed by atoms with Crippen LogP contribution in [0, 0.1) is 11.8 Å². The van der Waals surface area contributed by atoms with Crippen LogP contribution in [0.2, 0.25) is 0 Å². The number of anilines is 1. The third kappa shape index (κ3) is 4.42. The lowest BCUT2D eigenvalue weighted by atomic mass is 9.78. The van der Waals surface area contributed by atoms with Gasteiger partial charge in [-0.15, -0.1) is 11.8 Å². The SMILES string of the molecule is CC[C@@H](CO)N1C(=O)[C@@H]2[C@@H]3C(=O)N(Cc4ccccc4)CC=C[C@@H]3S[C@@]23C=CCN(c2ccc4ccccc4c2)C(=O)C13. The number of carbonyl (C=O) groups is 3. The predicted molar refractivity (Wildman–Crippen MR) is 169 cm³/mol. The van der Waals surface area contributed by atoms with E-state index in [-0.39, 0.29) is 29.6 Å². The summed E-state index contributed by atoms with van der Waals surface area (Å²) >= 11 is 1.57. The number of aliphatic hydroxyl groups excluding tert-OH is 1. The molecule has 3 aromatic rings. The molecule has 1 unspecified atom stereocenters. The maximum absolute atomic E-state index is 14.7. The molecule has 3 amide bonds. The Morgan fingerprint density at radius 3 is 2.44 bits per heavy atom. The number of hydrogen-bond donors (Lipinski definition) is 1. The Bertz CT molecular complexity index is 1640. The summed E-state index contributed by atoms with van der Waals surface area (Å²) in [7, 11) is 0. The molecule has 0 bridgehead atoms. The van der Waals surface area contributed by atoms with E-state index in [1.54, 1.807) is 21.6 Å². The number of likely N-dealkylation sites (tertiary alicyclic amines) is 1. The van der Waals surface area contributed by atoms with Gasteiger partial charge >= 0.3 is 0 Å². The van der Waals surface area contributed by atoms with Crippen molar-refractivity contribution in [2.24, 2.45) is 11.8 Å². The molecule has 220 valence electrons. The van der Waals surface area contributed by atoms with Crippen LogP contribution >= 0.6 is 11.8 Å². The van der Waals surface area contributed by atoms with Crippen LogP contribution in [0.3, 0.4) is 0 Å². The van der Waals surface area contributed by atoms with Gasteiger partial charge in [-0.2, -0.15) is 0 Å². The van der Waals surface area contributed by atoms with Crippen molar-refractivity contribution in [1.82, 2.24) is 9.80 Å². The molecule has 2 saturated heterocycles. The molecule has 2 fully saturated rings. The molecule has 4 aliphatic heterocycles. The zero-order chi connectivity index (χ0) is 29.7. The summed E-state index contributed by atoms with van der Waals surface area (Å²) in [4.78, 5) is 48.8. The van der Waals surface area contributed by atoms with Crippen LogP contribution in [-0.2, 0) is 20.9 Å². The molecule has 1 N–H and O–H groups in total. The summed E-state index contributed by atoms with van der Waals surface area (Å²) in [5.74, 6) is -1.76. The van der Waals surface area contributed by atoms with E-state index < -0.39 is 28.7 Å². The van der Waals surface area contributed by atoms with Crippen molar-refractivity contribution < 1.29 is 19.5 Å². The second-order valence-corrected chi connectivity index (χ2v) is 13.3. The highest BCUT2D eigenvalue weighted by Gasteiger charge is 2.71. The van der Waals surface area contributed by atoms with E-state index in [1.165, 1.54) is 0 Å². The average molecular weight is 594 g/mol. The standard InChI is InChI=1S/C35H35N3O4S/c1-2-26(22-39)38-31-34(42)37(27-16-15-24-12-6-7-13-25(24)20-27)19-9-17-35(31)30(33(38)41)29-28(43-35)14-8-18-36(32(29)40)21-23-10-4-3-5-11-23/h3-17,20,26,28-31,39H,2,18-19,21-22H2,1H3/t26-,28-,29+,30-,31?,35-/m0/s1. The number of fused-ring (bicyclic) bond motifs is 3. The van der Waals surface area contributed by atoms with Crippen molar-refractivity contribution in [2.75, 3.05) is 24.6 Å². The van der Waals surface area contributed by atoms with Gasteiger partial charge in [0.05, 0.1) is 29.2 Å². The van der Waals surface area contributed by atoms with E-state index in [0.717, 1.165) is 22.0 Å². The Balaban J connectivity index is 1.30. The van der Waals surface area contributed by atoms with Crippen LogP contribution in [0.5, 0.6) is 0 Å². The first-order valence-electron chi connectivity index (χ1n) is 15.0. The summed E-state index contributed by atoms with van der Waals surface area (Å²) in [6, 6.07) is 22.5. The molecule has 4 aliphatic rings. The molecule has 6 atom stereocenters. The van der Waals surface area contributed by atoms with Crippen LogP contribution in [0.15, 0.2) is 97.1 Å². The van der Waals surface area contributed by atoms with Gasteiger partial charge in [0.2, 0.25) is 11.8 Å². The normalized spacial score (nSPS) is 29.0. The second-order valence-electron chi connectivity index (χ2n) is 11.8. The van der Waals surface area contributed by atoms with Crippen LogP contribution in [0.25, 0.3) is 10.8 Å². The Kier molecular flexibility index (Phi) is 7.14. The molecule has 0 saturated carbocycles. The summed E-state index contributed by atoms with van der Waals surface area (Å²) in [5.41, 5.74) is 1.79. The number of amides is 3. The van der Waals surface area contributed by atoms with Crippen molar-refractivity contribution in [1.29, 1.82) is 0 Å². The largest absolute Gasteiger partial charge is 0.394 e. The molecule has 0 aliphatic carbocycles. The Hall–Kier alpha value is -3.88. The molecule has 7 rings (SSSR count). The van der Waals surface area contributed by atoms with Crippen molar-refractivity contribution in [3.05, 3.63) is 103 Å². The first-order chi connectivity index (χ1) is 21.0. The van der Waals surface area contributed by atoms with Crippen molar-refractivity contribution >= 4 is 45.9 Å². The van der Waals surface area contributed by atoms with Gasteiger partial charge in [0.25, 0.3) is 5.91 Å². The fraction of sp³-hybridized carbons (Fsp3) is 0.343. The highest BCUT2D eigenvalue weighted by atomic mass is 32.2. The summed E-state index contributed by atoms with van der Waals surface area (Å²) < 4.78 is -0.923. The van der Waals surface area contributed by atoms with Gasteiger partial charge in [-0.3, -0.25) is 14.4 Å². The lowest BCUT2D eigenvalue weighted by Crippen LogP contribution is -2.56. The Labute approximate surface area is 255 Å². The van der Waals surface area contributed by atoms with Gasteiger partial charge in [-0.1, -0.05) is 91.9 Å². The topological polar surface area (TPSA) is 81.2 Å². The van der Waals surface area contributed by atoms with E-state index in [0.29, 0.717) is 26.1 Å². The fourth-order valence-corrected chi connectivity index (χ4v) is 9.45. The molecular weight excluding hydrogens is 558 g/mol. The Morgan fingerprint density at radius 2 is 1.67 bits per heavy atom. The first kappa shape index (κ1) is 27.9. The van der Waals surface area contributed by atoms with E-state index in [1.807, 2.05) is 103 Å². The molecule has 8 heteroatoms. The highest BCUT2D eigenvalue weighted by Crippen LogP contribution is 2.61. The quantitative estimate of drug-likeness (QED) is 0.429. The number of nitrogens with zero attached hydrogens (tertiary/aromatic N) is 3. The number of aliphatic hydroxyl groups is 1. The van der Waals surface area contributed by atoms with E-state index in [2.05, 4.69) is 6.08 Å². The first-order valence-corrected chi connectivity index (χ1v) is 15.9. The highest BCUT2D eigenvalue weighted by molar-refractivity contribution is 8.02. The maximum atomic E-state index is 14.7. The zero-order valence-electron chi connectivity index (χ0n) is 24.1. The number of carbonyl (C=O) groups excluding carboxylic acids is 3.